The summed E-state index contributed by atoms with van der Waals surface area (Å²) in [5.74, 6) is 1.54. The maximum atomic E-state index is 5.80. The molecule has 1 aromatic rings. The van der Waals surface area contributed by atoms with E-state index in [-0.39, 0.29) is 0 Å². The predicted molar refractivity (Wildman–Crippen MR) is 58.8 cm³/mol. The minimum atomic E-state index is 0.326. The van der Waals surface area contributed by atoms with Crippen LogP contribution in [0.25, 0.3) is 0 Å². The fourth-order valence-corrected chi connectivity index (χ4v) is 1.33. The van der Waals surface area contributed by atoms with E-state index in [1.54, 1.807) is 13.3 Å². The Morgan fingerprint density at radius 3 is 2.50 bits per heavy atom. The first-order valence-electron chi connectivity index (χ1n) is 4.62. The fourth-order valence-electron chi connectivity index (χ4n) is 1.33. The highest BCUT2D eigenvalue weighted by molar-refractivity contribution is 5.87. The van der Waals surface area contributed by atoms with Gasteiger partial charge in [0.15, 0.2) is 0 Å². The molecule has 76 valence electrons. The van der Waals surface area contributed by atoms with E-state index < -0.39 is 0 Å². The van der Waals surface area contributed by atoms with Crippen LogP contribution in [0.4, 0.5) is 5.82 Å². The zero-order chi connectivity index (χ0) is 10.7. The highest BCUT2D eigenvalue weighted by atomic mass is 15.0. The molecule has 0 aromatic carbocycles. The molecule has 0 fully saturated rings. The number of aromatic nitrogens is 2. The summed E-state index contributed by atoms with van der Waals surface area (Å²) >= 11 is 0. The number of nitrogens with zero attached hydrogens (tertiary/aromatic N) is 3. The van der Waals surface area contributed by atoms with Gasteiger partial charge in [0.1, 0.15) is 11.6 Å². The first-order valence-corrected chi connectivity index (χ1v) is 4.62. The molecule has 0 saturated heterocycles. The number of anilines is 1. The molecule has 2 N–H and O–H groups in total. The summed E-state index contributed by atoms with van der Waals surface area (Å²) in [6.07, 6.45) is 1.71. The van der Waals surface area contributed by atoms with Crippen molar-refractivity contribution >= 4 is 12.0 Å². The number of hydrogen-bond donors (Lipinski definition) is 1. The largest absolute Gasteiger partial charge is 0.383 e. The molecular formula is C10H16N4. The van der Waals surface area contributed by atoms with E-state index in [1.165, 1.54) is 0 Å². The molecule has 0 saturated carbocycles. The number of nitrogens with two attached hydrogens (primary N) is 1. The van der Waals surface area contributed by atoms with Gasteiger partial charge in [-0.2, -0.15) is 0 Å². The van der Waals surface area contributed by atoms with E-state index in [1.807, 2.05) is 6.92 Å². The lowest BCUT2D eigenvalue weighted by atomic mass is 10.0. The Morgan fingerprint density at radius 1 is 1.36 bits per heavy atom. The molecule has 0 bridgehead atoms. The van der Waals surface area contributed by atoms with Crippen molar-refractivity contribution in [3.8, 4) is 0 Å². The van der Waals surface area contributed by atoms with Crippen LogP contribution in [-0.4, -0.2) is 23.2 Å². The maximum absolute atomic E-state index is 5.80. The summed E-state index contributed by atoms with van der Waals surface area (Å²) in [6, 6.07) is 0. The van der Waals surface area contributed by atoms with E-state index in [0.29, 0.717) is 17.6 Å². The Labute approximate surface area is 84.3 Å². The molecule has 1 rings (SSSR count). The maximum Gasteiger partial charge on any atom is 0.136 e. The van der Waals surface area contributed by atoms with Crippen LogP contribution in [-0.2, 0) is 0 Å². The van der Waals surface area contributed by atoms with Crippen molar-refractivity contribution < 1.29 is 0 Å². The molecule has 1 aromatic heterocycles. The predicted octanol–water partition coefficient (Wildman–Crippen LogP) is 1.54. The Balaban J connectivity index is 3.36. The van der Waals surface area contributed by atoms with Gasteiger partial charge in [-0.15, -0.1) is 0 Å². The summed E-state index contributed by atoms with van der Waals surface area (Å²) in [5.41, 5.74) is 7.60. The van der Waals surface area contributed by atoms with Crippen LogP contribution in [0.5, 0.6) is 0 Å². The fraction of sp³-hybridized carbons (Fsp3) is 0.500. The van der Waals surface area contributed by atoms with E-state index >= 15 is 0 Å². The van der Waals surface area contributed by atoms with Crippen LogP contribution >= 0.6 is 0 Å². The van der Waals surface area contributed by atoms with Crippen LogP contribution in [0.3, 0.4) is 0 Å². The number of rotatable bonds is 2. The normalized spacial score (nSPS) is 11.5. The van der Waals surface area contributed by atoms with Crippen molar-refractivity contribution in [1.82, 2.24) is 9.97 Å². The molecule has 0 aliphatic rings. The van der Waals surface area contributed by atoms with Crippen molar-refractivity contribution in [2.24, 2.45) is 4.99 Å². The van der Waals surface area contributed by atoms with Crippen LogP contribution < -0.4 is 5.73 Å². The SMILES string of the molecule is CN=Cc1c(N)nc(C)nc1C(C)C. The monoisotopic (exact) mass is 192 g/mol. The number of nitrogen functional groups attached to an aromatic ring is 1. The molecule has 4 heteroatoms. The van der Waals surface area contributed by atoms with Gasteiger partial charge in [-0.05, 0) is 12.8 Å². The molecule has 0 amide bonds. The van der Waals surface area contributed by atoms with Gasteiger partial charge >= 0.3 is 0 Å². The average molecular weight is 192 g/mol. The zero-order valence-corrected chi connectivity index (χ0v) is 9.07. The number of aliphatic imine (C=N–C) groups is 1. The second kappa shape index (κ2) is 4.17. The molecule has 14 heavy (non-hydrogen) atoms. The quantitative estimate of drug-likeness (QED) is 0.723. The summed E-state index contributed by atoms with van der Waals surface area (Å²) in [5, 5.41) is 0. The van der Waals surface area contributed by atoms with Crippen molar-refractivity contribution in [2.45, 2.75) is 26.7 Å². The molecular weight excluding hydrogens is 176 g/mol. The van der Waals surface area contributed by atoms with Crippen LogP contribution in [0.15, 0.2) is 4.99 Å². The second-order valence-corrected chi connectivity index (χ2v) is 3.50. The van der Waals surface area contributed by atoms with E-state index in [2.05, 4.69) is 28.8 Å². The lowest BCUT2D eigenvalue weighted by Gasteiger charge is -2.10. The molecule has 0 atom stereocenters. The minimum absolute atomic E-state index is 0.326. The Bertz CT molecular complexity index is 355. The van der Waals surface area contributed by atoms with Gasteiger partial charge in [0.25, 0.3) is 0 Å². The summed E-state index contributed by atoms with van der Waals surface area (Å²) in [6.45, 7) is 6.00. The first kappa shape index (κ1) is 10.6. The highest BCUT2D eigenvalue weighted by Gasteiger charge is 2.11. The summed E-state index contributed by atoms with van der Waals surface area (Å²) in [4.78, 5) is 12.4. The smallest absolute Gasteiger partial charge is 0.136 e. The summed E-state index contributed by atoms with van der Waals surface area (Å²) < 4.78 is 0. The standard InChI is InChI=1S/C10H16N4/c1-6(2)9-8(5-12-4)10(11)14-7(3)13-9/h5-6H,1-4H3,(H2,11,13,14). The van der Waals surface area contributed by atoms with E-state index in [9.17, 15) is 0 Å². The van der Waals surface area contributed by atoms with Gasteiger partial charge < -0.3 is 5.73 Å². The Morgan fingerprint density at radius 2 is 2.00 bits per heavy atom. The van der Waals surface area contributed by atoms with Gasteiger partial charge in [0.2, 0.25) is 0 Å². The third-order valence-corrected chi connectivity index (χ3v) is 1.92. The molecule has 0 aliphatic heterocycles. The topological polar surface area (TPSA) is 64.2 Å². The van der Waals surface area contributed by atoms with Crippen LogP contribution in [0, 0.1) is 6.92 Å². The lowest BCUT2D eigenvalue weighted by molar-refractivity contribution is 0.801. The third-order valence-electron chi connectivity index (χ3n) is 1.92. The van der Waals surface area contributed by atoms with Gasteiger partial charge in [0, 0.05) is 13.3 Å². The van der Waals surface area contributed by atoms with Gasteiger partial charge in [-0.1, -0.05) is 13.8 Å². The molecule has 4 nitrogen and oxygen atoms in total. The first-order chi connectivity index (χ1) is 6.56. The van der Waals surface area contributed by atoms with Gasteiger partial charge in [-0.25, -0.2) is 9.97 Å². The number of aryl methyl sites for hydroxylation is 1. The minimum Gasteiger partial charge on any atom is -0.383 e. The van der Waals surface area contributed by atoms with Crippen molar-refractivity contribution in [2.75, 3.05) is 12.8 Å². The zero-order valence-electron chi connectivity index (χ0n) is 9.07. The van der Waals surface area contributed by atoms with Crippen molar-refractivity contribution in [3.63, 3.8) is 0 Å². The molecule has 0 radical (unpaired) electrons. The van der Waals surface area contributed by atoms with Crippen LogP contribution in [0.1, 0.15) is 36.8 Å². The van der Waals surface area contributed by atoms with Crippen LogP contribution in [0.2, 0.25) is 0 Å². The molecule has 0 aliphatic carbocycles. The van der Waals surface area contributed by atoms with Gasteiger partial charge in [-0.3, -0.25) is 4.99 Å². The summed E-state index contributed by atoms with van der Waals surface area (Å²) in [7, 11) is 1.71. The van der Waals surface area contributed by atoms with E-state index in [0.717, 1.165) is 11.3 Å². The van der Waals surface area contributed by atoms with E-state index in [4.69, 9.17) is 5.73 Å². The Hall–Kier alpha value is -1.45. The molecule has 1 heterocycles. The lowest BCUT2D eigenvalue weighted by Crippen LogP contribution is -2.08. The third kappa shape index (κ3) is 2.07. The number of hydrogen-bond acceptors (Lipinski definition) is 4. The highest BCUT2D eigenvalue weighted by Crippen LogP contribution is 2.19. The van der Waals surface area contributed by atoms with Crippen molar-refractivity contribution in [3.05, 3.63) is 17.1 Å². The van der Waals surface area contributed by atoms with Crippen molar-refractivity contribution in [1.29, 1.82) is 0 Å². The second-order valence-electron chi connectivity index (χ2n) is 3.50. The molecule has 0 unspecified atom stereocenters. The Kier molecular flexibility index (Phi) is 3.17. The average Bonchev–Trinajstić information content (AvgIpc) is 2.09. The van der Waals surface area contributed by atoms with Gasteiger partial charge in [0.05, 0.1) is 11.3 Å². The molecule has 0 spiro atoms.